The third kappa shape index (κ3) is 12.8. The first-order valence-corrected chi connectivity index (χ1v) is 33.2. The van der Waals surface area contributed by atoms with Gasteiger partial charge in [-0.2, -0.15) is 0 Å². The molecule has 0 amide bonds. The maximum Gasteiger partial charge on any atom is 0.350 e. The van der Waals surface area contributed by atoms with E-state index in [1.165, 1.54) is 18.2 Å². The van der Waals surface area contributed by atoms with Gasteiger partial charge in [0.25, 0.3) is 0 Å². The summed E-state index contributed by atoms with van der Waals surface area (Å²) in [6.07, 6.45) is 4.75. The number of esters is 1. The van der Waals surface area contributed by atoms with Gasteiger partial charge in [0.1, 0.15) is 0 Å². The number of carbonyl (C=O) groups excluding carboxylic acids is 1. The zero-order valence-corrected chi connectivity index (χ0v) is 42.1. The summed E-state index contributed by atoms with van der Waals surface area (Å²) in [7, 11) is -13.1. The van der Waals surface area contributed by atoms with E-state index in [0.717, 1.165) is 13.1 Å². The van der Waals surface area contributed by atoms with Crippen LogP contribution in [0.5, 0.6) is 0 Å². The van der Waals surface area contributed by atoms with E-state index in [9.17, 15) is 13.2 Å². The van der Waals surface area contributed by atoms with E-state index in [1.54, 1.807) is 30.5 Å². The molecule has 53 heavy (non-hydrogen) atoms. The Hall–Kier alpha value is -1.33. The summed E-state index contributed by atoms with van der Waals surface area (Å²) in [5, 5.41) is -1.16. The summed E-state index contributed by atoms with van der Waals surface area (Å²) >= 11 is 0. The van der Waals surface area contributed by atoms with Crippen LogP contribution < -0.4 is 0 Å². The average molecular weight is 828 g/mol. The van der Waals surface area contributed by atoms with Crippen molar-refractivity contribution in [2.24, 2.45) is 5.92 Å². The molecule has 8 nitrogen and oxygen atoms in total. The number of benzene rings is 1. The zero-order valence-electron chi connectivity index (χ0n) is 37.2. The lowest BCUT2D eigenvalue weighted by Gasteiger charge is -2.58. The van der Waals surface area contributed by atoms with Crippen LogP contribution in [-0.2, 0) is 32.6 Å². The summed E-state index contributed by atoms with van der Waals surface area (Å²) < 4.78 is 55.0. The first kappa shape index (κ1) is 49.7. The van der Waals surface area contributed by atoms with Crippen molar-refractivity contribution in [3.8, 4) is 0 Å². The van der Waals surface area contributed by atoms with Crippen molar-refractivity contribution >= 4 is 48.8 Å². The monoisotopic (exact) mass is 827 g/mol. The van der Waals surface area contributed by atoms with Crippen LogP contribution in [0, 0.1) is 5.92 Å². The highest BCUT2D eigenvalue weighted by Crippen LogP contribution is 2.55. The maximum absolute atomic E-state index is 13.8. The number of hydrogen-bond donors (Lipinski definition) is 0. The molecule has 0 spiro atoms. The molecule has 1 aromatic rings. The minimum atomic E-state index is -4.13. The Morgan fingerprint density at radius 1 is 0.792 bits per heavy atom. The Labute approximate surface area is 329 Å². The molecule has 0 saturated heterocycles. The Morgan fingerprint density at radius 3 is 1.75 bits per heavy atom. The van der Waals surface area contributed by atoms with Crippen LogP contribution >= 0.6 is 0 Å². The van der Waals surface area contributed by atoms with E-state index < -0.39 is 64.7 Å². The lowest BCUT2D eigenvalue weighted by atomic mass is 9.93. The van der Waals surface area contributed by atoms with Crippen LogP contribution in [0.25, 0.3) is 0 Å². The molecule has 0 saturated carbocycles. The summed E-state index contributed by atoms with van der Waals surface area (Å²) in [4.78, 5) is 15.4. The van der Waals surface area contributed by atoms with Gasteiger partial charge in [0.2, 0.25) is 18.2 Å². The SMILES string of the molecule is CCN(C=CC=C(C(=O)OCC(C)C[Si](C)(OC(C)(C)[Si](C)(C)C)C(C)(C)C(C)(C)O[Si](C)(C)C(C)(C)O[Si](C)(C)C)S(=O)(=O)c1ccccc1)CC. The van der Waals surface area contributed by atoms with Crippen molar-refractivity contribution in [2.45, 2.75) is 167 Å². The number of hydrogen-bond acceptors (Lipinski definition) is 8. The zero-order chi connectivity index (χ0) is 41.7. The van der Waals surface area contributed by atoms with Crippen molar-refractivity contribution in [3.05, 3.63) is 53.6 Å². The van der Waals surface area contributed by atoms with E-state index in [2.05, 4.69) is 121 Å². The summed E-state index contributed by atoms with van der Waals surface area (Å²) in [5.41, 5.74) is -0.591. The van der Waals surface area contributed by atoms with Crippen LogP contribution in [0.15, 0.2) is 58.5 Å². The van der Waals surface area contributed by atoms with Crippen molar-refractivity contribution in [2.75, 3.05) is 19.7 Å². The smallest absolute Gasteiger partial charge is 0.350 e. The van der Waals surface area contributed by atoms with Gasteiger partial charge in [0, 0.05) is 23.4 Å². The minimum absolute atomic E-state index is 0.0447. The number of rotatable bonds is 21. The van der Waals surface area contributed by atoms with Gasteiger partial charge in [-0.25, -0.2) is 13.2 Å². The Kier molecular flexibility index (Phi) is 16.7. The Morgan fingerprint density at radius 2 is 1.30 bits per heavy atom. The van der Waals surface area contributed by atoms with Gasteiger partial charge < -0.3 is 22.9 Å². The fourth-order valence-electron chi connectivity index (χ4n) is 6.25. The van der Waals surface area contributed by atoms with Crippen LogP contribution in [0.2, 0.25) is 70.0 Å². The molecule has 13 heteroatoms. The maximum atomic E-state index is 13.8. The van der Waals surface area contributed by atoms with E-state index in [-0.39, 0.29) is 27.5 Å². The van der Waals surface area contributed by atoms with Crippen molar-refractivity contribution in [1.82, 2.24) is 4.90 Å². The molecule has 0 heterocycles. The molecule has 1 rings (SSSR count). The summed E-state index contributed by atoms with van der Waals surface area (Å²) in [6.45, 7) is 45.9. The van der Waals surface area contributed by atoms with E-state index in [1.807, 2.05) is 18.7 Å². The highest BCUT2D eigenvalue weighted by atomic mass is 32.2. The third-order valence-corrected chi connectivity index (χ3v) is 28.5. The van der Waals surface area contributed by atoms with E-state index in [4.69, 9.17) is 18.0 Å². The van der Waals surface area contributed by atoms with E-state index in [0.29, 0.717) is 6.04 Å². The predicted molar refractivity (Wildman–Crippen MR) is 234 cm³/mol. The van der Waals surface area contributed by atoms with Crippen LogP contribution in [-0.4, -0.2) is 88.1 Å². The van der Waals surface area contributed by atoms with Gasteiger partial charge in [-0.05, 0) is 137 Å². The summed E-state index contributed by atoms with van der Waals surface area (Å²) in [6, 6.07) is 8.71. The second-order valence-corrected chi connectivity index (χ2v) is 40.2. The summed E-state index contributed by atoms with van der Waals surface area (Å²) in [5.74, 6) is -0.983. The quantitative estimate of drug-likeness (QED) is 0.0524. The molecule has 306 valence electrons. The number of allylic oxidation sites excluding steroid dienone is 2. The van der Waals surface area contributed by atoms with Gasteiger partial charge in [-0.1, -0.05) is 58.6 Å². The molecular formula is C40H77NO7SSi4. The van der Waals surface area contributed by atoms with Gasteiger partial charge in [0.15, 0.2) is 21.5 Å². The second-order valence-electron chi connectivity index (χ2n) is 19.4. The number of ether oxygens (including phenoxy) is 1. The fraction of sp³-hybridized carbons (Fsp3) is 0.725. The lowest BCUT2D eigenvalue weighted by Crippen LogP contribution is -2.67. The number of carbonyl (C=O) groups is 1. The highest BCUT2D eigenvalue weighted by molar-refractivity contribution is 7.96. The predicted octanol–water partition coefficient (Wildman–Crippen LogP) is 10.6. The molecule has 2 atom stereocenters. The van der Waals surface area contributed by atoms with Crippen molar-refractivity contribution in [1.29, 1.82) is 0 Å². The van der Waals surface area contributed by atoms with Gasteiger partial charge >= 0.3 is 5.97 Å². The largest absolute Gasteiger partial charge is 0.461 e. The van der Waals surface area contributed by atoms with Crippen LogP contribution in [0.3, 0.4) is 0 Å². The second kappa shape index (κ2) is 17.9. The van der Waals surface area contributed by atoms with Crippen molar-refractivity contribution in [3.63, 3.8) is 0 Å². The molecule has 0 aliphatic rings. The molecule has 0 aromatic heterocycles. The first-order chi connectivity index (χ1) is 23.6. The molecular weight excluding hydrogens is 751 g/mol. The molecule has 0 aliphatic carbocycles. The average Bonchev–Trinajstić information content (AvgIpc) is 2.97. The highest BCUT2D eigenvalue weighted by Gasteiger charge is 2.60. The van der Waals surface area contributed by atoms with Gasteiger partial charge in [-0.3, -0.25) is 0 Å². The molecule has 1 aromatic carbocycles. The third-order valence-electron chi connectivity index (χ3n) is 11.8. The normalized spacial score (nSPS) is 16.4. The topological polar surface area (TPSA) is 91.4 Å². The first-order valence-electron chi connectivity index (χ1n) is 19.3. The number of sulfone groups is 1. The number of nitrogens with zero attached hydrogens (tertiary/aromatic N) is 1. The van der Waals surface area contributed by atoms with Gasteiger partial charge in [0.05, 0.1) is 30.4 Å². The van der Waals surface area contributed by atoms with E-state index >= 15 is 0 Å². The molecule has 0 fully saturated rings. The Balaban J connectivity index is 3.61. The molecule has 0 aliphatic heterocycles. The van der Waals surface area contributed by atoms with Crippen molar-refractivity contribution < 1.29 is 31.2 Å². The van der Waals surface area contributed by atoms with Gasteiger partial charge in [-0.15, -0.1) is 0 Å². The minimum Gasteiger partial charge on any atom is -0.461 e. The lowest BCUT2D eigenvalue weighted by molar-refractivity contribution is -0.139. The van der Waals surface area contributed by atoms with Crippen LogP contribution in [0.4, 0.5) is 0 Å². The Bertz CT molecular complexity index is 1520. The molecule has 0 radical (unpaired) electrons. The molecule has 0 N–H and O–H groups in total. The standard InChI is InChI=1S/C40H77NO7SSi4/c1-21-41(22-2)30-26-29-35(49(43,44)34-27-24-23-25-28-34)36(42)45-31-33(3)32-53(20,48-39(8,9)50(12,13)14)38(6,7)37(4,5)46-52(18,19)40(10,11)47-51(15,16)17/h23-30,33H,21-22,31-32H2,1-20H3. The fourth-order valence-corrected chi connectivity index (χ4v) is 19.5. The van der Waals surface area contributed by atoms with Crippen LogP contribution in [0.1, 0.15) is 76.2 Å². The molecule has 0 bridgehead atoms. The molecule has 2 unspecified atom stereocenters.